The van der Waals surface area contributed by atoms with Crippen molar-refractivity contribution in [2.75, 3.05) is 19.8 Å². The molecule has 0 spiro atoms. The van der Waals surface area contributed by atoms with Crippen LogP contribution in [-0.2, 0) is 4.74 Å². The Bertz CT molecular complexity index is 21.7. The molecule has 0 aliphatic carbocycles. The molecule has 40 valence electrons. The second kappa shape index (κ2) is 10.5. The molecule has 7 heavy (non-hydrogen) atoms. The molecule has 2 nitrogen and oxygen atoms in total. The van der Waals surface area contributed by atoms with E-state index in [4.69, 9.17) is 9.84 Å². The molecule has 1 N–H and O–H groups in total. The summed E-state index contributed by atoms with van der Waals surface area (Å²) >= 11 is 0. The summed E-state index contributed by atoms with van der Waals surface area (Å²) in [5.41, 5.74) is 0. The molecule has 3 heteroatoms. The van der Waals surface area contributed by atoms with Gasteiger partial charge in [-0.05, 0) is 6.92 Å². The van der Waals surface area contributed by atoms with E-state index in [1.165, 1.54) is 0 Å². The standard InChI is InChI=1S/C4H10O2.K.H/c1-2-6-4-3-5;;/h5H,2-4H2,1H3;;. The Hall–Kier alpha value is 1.56. The number of rotatable bonds is 3. The quantitative estimate of drug-likeness (QED) is 0.407. The molecular formula is C4H11KO2. The Morgan fingerprint density at radius 2 is 2.14 bits per heavy atom. The Morgan fingerprint density at radius 3 is 2.29 bits per heavy atom. The van der Waals surface area contributed by atoms with E-state index in [1.807, 2.05) is 6.92 Å². The van der Waals surface area contributed by atoms with Crippen molar-refractivity contribution >= 4 is 51.4 Å². The van der Waals surface area contributed by atoms with E-state index in [0.717, 1.165) is 0 Å². The fourth-order valence-electron chi connectivity index (χ4n) is 0.209. The molecule has 0 aromatic carbocycles. The van der Waals surface area contributed by atoms with Gasteiger partial charge in [-0.3, -0.25) is 0 Å². The van der Waals surface area contributed by atoms with Crippen LogP contribution in [0.2, 0.25) is 0 Å². The van der Waals surface area contributed by atoms with Crippen LogP contribution < -0.4 is 0 Å². The Balaban J connectivity index is 0. The van der Waals surface area contributed by atoms with Crippen molar-refractivity contribution in [3.8, 4) is 0 Å². The fraction of sp³-hybridized carbons (Fsp3) is 1.00. The molecular weight excluding hydrogens is 119 g/mol. The minimum absolute atomic E-state index is 0. The molecule has 0 radical (unpaired) electrons. The van der Waals surface area contributed by atoms with Gasteiger partial charge in [0.25, 0.3) is 0 Å². The molecule has 0 atom stereocenters. The van der Waals surface area contributed by atoms with Gasteiger partial charge in [0.2, 0.25) is 0 Å². The van der Waals surface area contributed by atoms with Crippen LogP contribution in [0.3, 0.4) is 0 Å². The van der Waals surface area contributed by atoms with Crippen molar-refractivity contribution in [1.82, 2.24) is 0 Å². The number of aliphatic hydroxyl groups excluding tert-OH is 1. The summed E-state index contributed by atoms with van der Waals surface area (Å²) in [6, 6.07) is 0. The zero-order chi connectivity index (χ0) is 4.83. The van der Waals surface area contributed by atoms with Gasteiger partial charge in [-0.15, -0.1) is 0 Å². The first-order valence-corrected chi connectivity index (χ1v) is 2.10. The monoisotopic (exact) mass is 130 g/mol. The SMILES string of the molecule is CCOCCO.[KH]. The van der Waals surface area contributed by atoms with Gasteiger partial charge in [0.15, 0.2) is 0 Å². The average Bonchev–Trinajstić information content (AvgIpc) is 1.61. The molecule has 0 rings (SSSR count). The van der Waals surface area contributed by atoms with Gasteiger partial charge in [-0.25, -0.2) is 0 Å². The van der Waals surface area contributed by atoms with E-state index < -0.39 is 0 Å². The van der Waals surface area contributed by atoms with Gasteiger partial charge < -0.3 is 9.84 Å². The first-order chi connectivity index (χ1) is 2.91. The van der Waals surface area contributed by atoms with Crippen LogP contribution in [0, 0.1) is 0 Å². The van der Waals surface area contributed by atoms with Crippen LogP contribution in [0.4, 0.5) is 0 Å². The van der Waals surface area contributed by atoms with Crippen LogP contribution in [-0.4, -0.2) is 76.3 Å². The summed E-state index contributed by atoms with van der Waals surface area (Å²) in [4.78, 5) is 0. The van der Waals surface area contributed by atoms with Crippen LogP contribution in [0.1, 0.15) is 6.92 Å². The van der Waals surface area contributed by atoms with Crippen LogP contribution in [0.15, 0.2) is 0 Å². The Labute approximate surface area is 86.7 Å². The van der Waals surface area contributed by atoms with E-state index in [-0.39, 0.29) is 58.0 Å². The third-order valence-electron chi connectivity index (χ3n) is 0.440. The Morgan fingerprint density at radius 1 is 1.57 bits per heavy atom. The van der Waals surface area contributed by atoms with Crippen LogP contribution in [0.5, 0.6) is 0 Å². The van der Waals surface area contributed by atoms with E-state index in [0.29, 0.717) is 13.2 Å². The zero-order valence-corrected chi connectivity index (χ0v) is 3.98. The molecule has 0 unspecified atom stereocenters. The third-order valence-corrected chi connectivity index (χ3v) is 0.440. The molecule has 0 fully saturated rings. The molecule has 0 aliphatic rings. The second-order valence-electron chi connectivity index (χ2n) is 0.921. The topological polar surface area (TPSA) is 29.5 Å². The summed E-state index contributed by atoms with van der Waals surface area (Å²) in [7, 11) is 0. The average molecular weight is 130 g/mol. The normalized spacial score (nSPS) is 7.71. The molecule has 0 saturated heterocycles. The molecule has 0 aromatic heterocycles. The molecule has 0 saturated carbocycles. The minimum atomic E-state index is 0. The van der Waals surface area contributed by atoms with Crippen molar-refractivity contribution in [3.05, 3.63) is 0 Å². The fourth-order valence-corrected chi connectivity index (χ4v) is 0.209. The molecule has 0 aromatic rings. The van der Waals surface area contributed by atoms with Gasteiger partial charge >= 0.3 is 51.4 Å². The van der Waals surface area contributed by atoms with E-state index in [1.54, 1.807) is 0 Å². The van der Waals surface area contributed by atoms with Gasteiger partial charge in [0.1, 0.15) is 0 Å². The Kier molecular flexibility index (Phi) is 17.1. The predicted octanol–water partition coefficient (Wildman–Crippen LogP) is -0.633. The maximum atomic E-state index is 8.07. The first-order valence-electron chi connectivity index (χ1n) is 2.10. The van der Waals surface area contributed by atoms with Crippen LogP contribution in [0.25, 0.3) is 0 Å². The third kappa shape index (κ3) is 11.2. The zero-order valence-electron chi connectivity index (χ0n) is 3.98. The van der Waals surface area contributed by atoms with E-state index in [2.05, 4.69) is 0 Å². The van der Waals surface area contributed by atoms with Crippen molar-refractivity contribution in [3.63, 3.8) is 0 Å². The van der Waals surface area contributed by atoms with E-state index >= 15 is 0 Å². The summed E-state index contributed by atoms with van der Waals surface area (Å²) in [5, 5.41) is 8.07. The maximum absolute atomic E-state index is 8.07. The number of ether oxygens (including phenoxy) is 1. The van der Waals surface area contributed by atoms with Gasteiger partial charge in [0.05, 0.1) is 13.2 Å². The summed E-state index contributed by atoms with van der Waals surface area (Å²) in [6.07, 6.45) is 0. The summed E-state index contributed by atoms with van der Waals surface area (Å²) < 4.78 is 4.73. The van der Waals surface area contributed by atoms with E-state index in [9.17, 15) is 0 Å². The molecule has 0 aliphatic heterocycles. The number of hydrogen-bond donors (Lipinski definition) is 1. The van der Waals surface area contributed by atoms with Gasteiger partial charge in [-0.2, -0.15) is 0 Å². The molecule has 0 heterocycles. The van der Waals surface area contributed by atoms with Crippen molar-refractivity contribution in [2.24, 2.45) is 0 Å². The molecule has 0 amide bonds. The molecule has 0 bridgehead atoms. The summed E-state index contributed by atoms with van der Waals surface area (Å²) in [5.74, 6) is 0. The second-order valence-corrected chi connectivity index (χ2v) is 0.921. The number of aliphatic hydroxyl groups is 1. The van der Waals surface area contributed by atoms with Crippen molar-refractivity contribution < 1.29 is 9.84 Å². The predicted molar refractivity (Wildman–Crippen MR) is 30.7 cm³/mol. The number of hydrogen-bond acceptors (Lipinski definition) is 2. The first kappa shape index (κ1) is 11.4. The van der Waals surface area contributed by atoms with Crippen molar-refractivity contribution in [2.45, 2.75) is 6.92 Å². The summed E-state index contributed by atoms with van der Waals surface area (Å²) in [6.45, 7) is 3.20. The van der Waals surface area contributed by atoms with Crippen LogP contribution >= 0.6 is 0 Å². The van der Waals surface area contributed by atoms with Crippen molar-refractivity contribution in [1.29, 1.82) is 0 Å². The van der Waals surface area contributed by atoms with Gasteiger partial charge in [0, 0.05) is 6.61 Å². The van der Waals surface area contributed by atoms with Gasteiger partial charge in [-0.1, -0.05) is 0 Å².